The highest BCUT2D eigenvalue weighted by molar-refractivity contribution is 7.09. The Morgan fingerprint density at radius 1 is 1.17 bits per heavy atom. The van der Waals surface area contributed by atoms with Gasteiger partial charge in [-0.2, -0.15) is 0 Å². The first kappa shape index (κ1) is 18.2. The van der Waals surface area contributed by atoms with E-state index in [9.17, 15) is 9.59 Å². The van der Waals surface area contributed by atoms with Gasteiger partial charge in [0.15, 0.2) is 0 Å². The van der Waals surface area contributed by atoms with E-state index in [2.05, 4.69) is 16.7 Å². The Bertz CT molecular complexity index is 680. The van der Waals surface area contributed by atoms with Crippen molar-refractivity contribution in [2.45, 2.75) is 33.2 Å². The summed E-state index contributed by atoms with van der Waals surface area (Å²) in [6, 6.07) is 10.9. The minimum Gasteiger partial charge on any atom is -0.354 e. The van der Waals surface area contributed by atoms with Gasteiger partial charge in [0, 0.05) is 17.0 Å². The number of hydrogen-bond acceptors (Lipinski definition) is 3. The number of amides is 2. The average molecular weight is 344 g/mol. The van der Waals surface area contributed by atoms with E-state index in [1.54, 1.807) is 17.4 Å². The van der Waals surface area contributed by atoms with Crippen molar-refractivity contribution < 1.29 is 9.59 Å². The summed E-state index contributed by atoms with van der Waals surface area (Å²) in [4.78, 5) is 26.0. The summed E-state index contributed by atoms with van der Waals surface area (Å²) < 4.78 is 0. The van der Waals surface area contributed by atoms with Crippen LogP contribution in [-0.2, 0) is 11.2 Å². The van der Waals surface area contributed by atoms with Crippen molar-refractivity contribution >= 4 is 23.2 Å². The SMILES string of the molecule is Cc1cccc(C(=O)NC(C(=O)NCCc2cccs2)C(C)C)c1. The lowest BCUT2D eigenvalue weighted by atomic mass is 10.0. The molecule has 5 heteroatoms. The van der Waals surface area contributed by atoms with E-state index in [4.69, 9.17) is 0 Å². The molecule has 0 spiro atoms. The molecule has 0 bridgehead atoms. The lowest BCUT2D eigenvalue weighted by Crippen LogP contribution is -2.50. The van der Waals surface area contributed by atoms with Crippen LogP contribution >= 0.6 is 11.3 Å². The molecule has 2 amide bonds. The number of hydrogen-bond donors (Lipinski definition) is 2. The highest BCUT2D eigenvalue weighted by Gasteiger charge is 2.24. The fourth-order valence-electron chi connectivity index (χ4n) is 2.42. The molecule has 0 radical (unpaired) electrons. The van der Waals surface area contributed by atoms with Crippen LogP contribution in [0.4, 0.5) is 0 Å². The monoisotopic (exact) mass is 344 g/mol. The number of thiophene rings is 1. The molecule has 2 N–H and O–H groups in total. The summed E-state index contributed by atoms with van der Waals surface area (Å²) in [6.45, 7) is 6.37. The van der Waals surface area contributed by atoms with Crippen LogP contribution in [0.5, 0.6) is 0 Å². The highest BCUT2D eigenvalue weighted by Crippen LogP contribution is 2.09. The molecule has 1 aromatic carbocycles. The second-order valence-electron chi connectivity index (χ2n) is 6.19. The molecule has 1 unspecified atom stereocenters. The molecule has 0 aliphatic rings. The topological polar surface area (TPSA) is 58.2 Å². The van der Waals surface area contributed by atoms with E-state index >= 15 is 0 Å². The van der Waals surface area contributed by atoms with Gasteiger partial charge >= 0.3 is 0 Å². The zero-order valence-corrected chi connectivity index (χ0v) is 15.2. The first-order valence-electron chi connectivity index (χ1n) is 8.15. The van der Waals surface area contributed by atoms with Crippen LogP contribution < -0.4 is 10.6 Å². The van der Waals surface area contributed by atoms with Gasteiger partial charge in [0.25, 0.3) is 5.91 Å². The summed E-state index contributed by atoms with van der Waals surface area (Å²) in [7, 11) is 0. The number of aryl methyl sites for hydroxylation is 1. The molecular weight excluding hydrogens is 320 g/mol. The standard InChI is InChI=1S/C19H24N2O2S/c1-13(2)17(19(23)20-10-9-16-8-5-11-24-16)21-18(22)15-7-4-6-14(3)12-15/h4-8,11-13,17H,9-10H2,1-3H3,(H,20,23)(H,21,22). The van der Waals surface area contributed by atoms with Gasteiger partial charge in [0.2, 0.25) is 5.91 Å². The Balaban J connectivity index is 1.92. The molecule has 0 aliphatic heterocycles. The first-order chi connectivity index (χ1) is 11.5. The third-order valence-electron chi connectivity index (χ3n) is 3.77. The highest BCUT2D eigenvalue weighted by atomic mass is 32.1. The van der Waals surface area contributed by atoms with Crippen LogP contribution in [-0.4, -0.2) is 24.4 Å². The first-order valence-corrected chi connectivity index (χ1v) is 9.03. The molecular formula is C19H24N2O2S. The normalized spacial score (nSPS) is 12.0. The Morgan fingerprint density at radius 2 is 1.96 bits per heavy atom. The van der Waals surface area contributed by atoms with E-state index in [-0.39, 0.29) is 17.7 Å². The summed E-state index contributed by atoms with van der Waals surface area (Å²) >= 11 is 1.68. The smallest absolute Gasteiger partial charge is 0.251 e. The van der Waals surface area contributed by atoms with Crippen molar-refractivity contribution in [1.82, 2.24) is 10.6 Å². The predicted molar refractivity (Wildman–Crippen MR) is 98.3 cm³/mol. The third kappa shape index (κ3) is 5.20. The number of carbonyl (C=O) groups is 2. The summed E-state index contributed by atoms with van der Waals surface area (Å²) in [5.74, 6) is -0.339. The van der Waals surface area contributed by atoms with Crippen LogP contribution in [0.25, 0.3) is 0 Å². The Hall–Kier alpha value is -2.14. The molecule has 2 aromatic rings. The summed E-state index contributed by atoms with van der Waals surface area (Å²) in [5, 5.41) is 7.80. The molecule has 128 valence electrons. The number of benzene rings is 1. The van der Waals surface area contributed by atoms with Crippen molar-refractivity contribution in [3.8, 4) is 0 Å². The molecule has 0 aliphatic carbocycles. The molecule has 0 saturated heterocycles. The van der Waals surface area contributed by atoms with E-state index in [1.165, 1.54) is 4.88 Å². The molecule has 24 heavy (non-hydrogen) atoms. The zero-order chi connectivity index (χ0) is 17.5. The summed E-state index contributed by atoms with van der Waals surface area (Å²) in [6.07, 6.45) is 0.806. The Labute approximate surface area is 147 Å². The number of carbonyl (C=O) groups excluding carboxylic acids is 2. The van der Waals surface area contributed by atoms with Crippen molar-refractivity contribution in [2.75, 3.05) is 6.54 Å². The second-order valence-corrected chi connectivity index (χ2v) is 7.22. The van der Waals surface area contributed by atoms with E-state index in [0.717, 1.165) is 12.0 Å². The van der Waals surface area contributed by atoms with Crippen LogP contribution in [0.1, 0.15) is 34.6 Å². The van der Waals surface area contributed by atoms with Gasteiger partial charge < -0.3 is 10.6 Å². The van der Waals surface area contributed by atoms with Gasteiger partial charge in [-0.1, -0.05) is 37.6 Å². The van der Waals surface area contributed by atoms with Gasteiger partial charge in [-0.25, -0.2) is 0 Å². The molecule has 1 aromatic heterocycles. The van der Waals surface area contributed by atoms with Crippen LogP contribution in [0, 0.1) is 12.8 Å². The number of nitrogens with one attached hydrogen (secondary N) is 2. The Morgan fingerprint density at radius 3 is 2.58 bits per heavy atom. The second kappa shape index (κ2) is 8.64. The third-order valence-corrected chi connectivity index (χ3v) is 4.70. The van der Waals surface area contributed by atoms with Gasteiger partial charge in [-0.15, -0.1) is 11.3 Å². The fourth-order valence-corrected chi connectivity index (χ4v) is 3.13. The predicted octanol–water partition coefficient (Wildman–Crippen LogP) is 3.17. The van der Waals surface area contributed by atoms with Crippen LogP contribution in [0.3, 0.4) is 0 Å². The maximum Gasteiger partial charge on any atom is 0.251 e. The van der Waals surface area contributed by atoms with Crippen molar-refractivity contribution in [3.05, 3.63) is 57.8 Å². The lowest BCUT2D eigenvalue weighted by molar-refractivity contribution is -0.123. The van der Waals surface area contributed by atoms with Crippen molar-refractivity contribution in [2.24, 2.45) is 5.92 Å². The van der Waals surface area contributed by atoms with E-state index in [0.29, 0.717) is 12.1 Å². The Kier molecular flexibility index (Phi) is 6.55. The maximum atomic E-state index is 12.4. The minimum atomic E-state index is -0.540. The fraction of sp³-hybridized carbons (Fsp3) is 0.368. The van der Waals surface area contributed by atoms with Gasteiger partial charge in [-0.3, -0.25) is 9.59 Å². The molecule has 0 saturated carbocycles. The van der Waals surface area contributed by atoms with Crippen molar-refractivity contribution in [3.63, 3.8) is 0 Å². The van der Waals surface area contributed by atoms with Crippen LogP contribution in [0.2, 0.25) is 0 Å². The van der Waals surface area contributed by atoms with E-state index < -0.39 is 6.04 Å². The molecule has 2 rings (SSSR count). The quantitative estimate of drug-likeness (QED) is 0.810. The van der Waals surface area contributed by atoms with Gasteiger partial charge in [0.1, 0.15) is 6.04 Å². The number of rotatable bonds is 7. The molecule has 1 heterocycles. The lowest BCUT2D eigenvalue weighted by Gasteiger charge is -2.21. The minimum absolute atomic E-state index is 0.0143. The zero-order valence-electron chi connectivity index (χ0n) is 14.3. The average Bonchev–Trinajstić information content (AvgIpc) is 3.05. The molecule has 4 nitrogen and oxygen atoms in total. The maximum absolute atomic E-state index is 12.4. The molecule has 1 atom stereocenters. The largest absolute Gasteiger partial charge is 0.354 e. The van der Waals surface area contributed by atoms with Crippen molar-refractivity contribution in [1.29, 1.82) is 0 Å². The van der Waals surface area contributed by atoms with Crippen LogP contribution in [0.15, 0.2) is 41.8 Å². The van der Waals surface area contributed by atoms with Gasteiger partial charge in [0.05, 0.1) is 0 Å². The van der Waals surface area contributed by atoms with E-state index in [1.807, 2.05) is 50.4 Å². The molecule has 0 fully saturated rings. The summed E-state index contributed by atoms with van der Waals surface area (Å²) in [5.41, 5.74) is 1.59. The van der Waals surface area contributed by atoms with Gasteiger partial charge in [-0.05, 0) is 42.8 Å².